The van der Waals surface area contributed by atoms with Crippen LogP contribution in [0, 0.1) is 40.9 Å². The zero-order chi connectivity index (χ0) is 26.2. The van der Waals surface area contributed by atoms with Gasteiger partial charge in [-0.05, 0) is 118 Å². The van der Waals surface area contributed by atoms with Gasteiger partial charge in [-0.1, -0.05) is 11.6 Å². The number of rotatable bonds is 9. The molecule has 4 atom stereocenters. The zero-order valence-corrected chi connectivity index (χ0v) is 22.8. The maximum Gasteiger partial charge on any atom is 0.307 e. The third-order valence-corrected chi connectivity index (χ3v) is 10.1. The average molecular weight is 513 g/mol. The van der Waals surface area contributed by atoms with Crippen LogP contribution in [0.4, 0.5) is 0 Å². The van der Waals surface area contributed by atoms with Gasteiger partial charge in [0, 0.05) is 20.3 Å². The van der Waals surface area contributed by atoms with Crippen molar-refractivity contribution in [1.29, 1.82) is 0 Å². The van der Waals surface area contributed by atoms with E-state index in [1.165, 1.54) is 65.1 Å². The molecule has 0 amide bonds. The number of carbonyl (C=O) groups is 3. The number of fused-ring (bicyclic) bond motifs is 1. The molecule has 0 saturated heterocycles. The molecule has 204 valence electrons. The molecular formula is C31H44O6. The number of unbranched alkanes of at least 4 members (excludes halogenated alkanes) is 1. The molecule has 6 rings (SSSR count). The first-order valence-electron chi connectivity index (χ1n) is 14.5. The summed E-state index contributed by atoms with van der Waals surface area (Å²) in [6.07, 6.45) is 18.2. The van der Waals surface area contributed by atoms with E-state index in [0.717, 1.165) is 62.0 Å². The van der Waals surface area contributed by atoms with Gasteiger partial charge in [-0.25, -0.2) is 0 Å². The van der Waals surface area contributed by atoms with E-state index in [0.29, 0.717) is 23.7 Å². The number of allylic oxidation sites excluding steroid dienone is 3. The van der Waals surface area contributed by atoms with E-state index >= 15 is 0 Å². The fourth-order valence-electron chi connectivity index (χ4n) is 9.26. The van der Waals surface area contributed by atoms with Gasteiger partial charge in [-0.2, -0.15) is 0 Å². The van der Waals surface area contributed by atoms with Crippen LogP contribution < -0.4 is 0 Å². The van der Waals surface area contributed by atoms with Gasteiger partial charge < -0.3 is 14.2 Å². The van der Waals surface area contributed by atoms with E-state index < -0.39 is 0 Å². The maximum absolute atomic E-state index is 12.3. The van der Waals surface area contributed by atoms with Gasteiger partial charge in [0.15, 0.2) is 0 Å². The summed E-state index contributed by atoms with van der Waals surface area (Å²) in [7, 11) is 1.43. The Balaban J connectivity index is 1.33. The Morgan fingerprint density at radius 1 is 0.946 bits per heavy atom. The summed E-state index contributed by atoms with van der Waals surface area (Å²) in [4.78, 5) is 35.7. The second-order valence-electron chi connectivity index (χ2n) is 12.9. The molecule has 0 aromatic carbocycles. The predicted molar refractivity (Wildman–Crippen MR) is 139 cm³/mol. The van der Waals surface area contributed by atoms with Crippen LogP contribution in [0.3, 0.4) is 0 Å². The Hall–Kier alpha value is -2.11. The second kappa shape index (κ2) is 10.9. The first-order valence-corrected chi connectivity index (χ1v) is 14.5. The molecular weight excluding hydrogens is 468 g/mol. The molecule has 0 heterocycles. The lowest BCUT2D eigenvalue weighted by molar-refractivity contribution is -0.149. The summed E-state index contributed by atoms with van der Waals surface area (Å²) in [6.45, 7) is 2.95. The average Bonchev–Trinajstić information content (AvgIpc) is 3.34. The van der Waals surface area contributed by atoms with Crippen LogP contribution in [0.2, 0.25) is 0 Å². The summed E-state index contributed by atoms with van der Waals surface area (Å²) in [5.74, 6) is 3.30. The van der Waals surface area contributed by atoms with Crippen molar-refractivity contribution in [2.75, 3.05) is 7.11 Å². The van der Waals surface area contributed by atoms with Gasteiger partial charge in [-0.3, -0.25) is 14.4 Å². The van der Waals surface area contributed by atoms with E-state index in [2.05, 4.69) is 12.2 Å². The van der Waals surface area contributed by atoms with Crippen molar-refractivity contribution in [2.24, 2.45) is 40.9 Å². The Labute approximate surface area is 221 Å². The van der Waals surface area contributed by atoms with E-state index in [-0.39, 0.29) is 29.9 Å². The van der Waals surface area contributed by atoms with Crippen molar-refractivity contribution in [1.82, 2.24) is 0 Å². The molecule has 0 aromatic rings. The van der Waals surface area contributed by atoms with Crippen molar-refractivity contribution < 1.29 is 28.6 Å². The van der Waals surface area contributed by atoms with E-state index in [4.69, 9.17) is 14.2 Å². The van der Waals surface area contributed by atoms with E-state index in [1.807, 2.05) is 0 Å². The highest BCUT2D eigenvalue weighted by atomic mass is 16.6. The van der Waals surface area contributed by atoms with Gasteiger partial charge in [0.1, 0.15) is 11.9 Å². The highest BCUT2D eigenvalue weighted by Crippen LogP contribution is 2.62. The second-order valence-corrected chi connectivity index (χ2v) is 12.9. The number of ether oxygens (including phenoxy) is 3. The molecule has 6 saturated carbocycles. The lowest BCUT2D eigenvalue weighted by Gasteiger charge is -2.56. The highest BCUT2D eigenvalue weighted by Gasteiger charge is 2.52. The van der Waals surface area contributed by atoms with Gasteiger partial charge in [0.2, 0.25) is 0 Å². The first-order chi connectivity index (χ1) is 17.7. The molecule has 0 aliphatic heterocycles. The lowest BCUT2D eigenvalue weighted by Crippen LogP contribution is -2.45. The molecule has 0 spiro atoms. The van der Waals surface area contributed by atoms with E-state index in [1.54, 1.807) is 0 Å². The minimum atomic E-state index is -0.293. The van der Waals surface area contributed by atoms with Crippen LogP contribution in [0.1, 0.15) is 97.3 Å². The standard InChI is InChI=1S/C31H44O6/c1-19(32)36-27(8-9-31-16-22-10-23(17-31)12-24(11-22)18-31)30-26-14-21(6-4-5-7-29(34)35-3)13-25(26)15-28(30)37-20(2)33/h6,8,22-26,28,30H,4-5,7,9-18H2,1-3H3/t22?,23?,24?,25-,26-,28-,30?,31?/m1/s1. The minimum Gasteiger partial charge on any atom is -0.469 e. The molecule has 6 fully saturated rings. The Morgan fingerprint density at radius 2 is 1.62 bits per heavy atom. The summed E-state index contributed by atoms with van der Waals surface area (Å²) in [5.41, 5.74) is 1.77. The number of esters is 3. The summed E-state index contributed by atoms with van der Waals surface area (Å²) in [6, 6.07) is 0. The molecule has 4 bridgehead atoms. The molecule has 6 nitrogen and oxygen atoms in total. The molecule has 0 aromatic heterocycles. The summed E-state index contributed by atoms with van der Waals surface area (Å²) < 4.78 is 16.5. The van der Waals surface area contributed by atoms with Crippen molar-refractivity contribution in [3.63, 3.8) is 0 Å². The molecule has 0 N–H and O–H groups in total. The molecule has 6 aliphatic carbocycles. The topological polar surface area (TPSA) is 78.9 Å². The fourth-order valence-corrected chi connectivity index (χ4v) is 9.26. The third-order valence-electron chi connectivity index (χ3n) is 10.1. The minimum absolute atomic E-state index is 0.0762. The van der Waals surface area contributed by atoms with Crippen molar-refractivity contribution in [3.05, 3.63) is 23.5 Å². The van der Waals surface area contributed by atoms with Crippen molar-refractivity contribution >= 4 is 17.9 Å². The van der Waals surface area contributed by atoms with Crippen LogP contribution >= 0.6 is 0 Å². The SMILES string of the molecule is COC(=O)CCCC=C1C[C@@H]2C[C@@H](OC(C)=O)C(C(=CCC34CC5CC(CC(C5)C3)C4)OC(C)=O)[C@@H]2C1. The third kappa shape index (κ3) is 5.98. The quantitative estimate of drug-likeness (QED) is 0.119. The van der Waals surface area contributed by atoms with Crippen molar-refractivity contribution in [2.45, 2.75) is 103 Å². The van der Waals surface area contributed by atoms with Crippen LogP contribution in [-0.4, -0.2) is 31.1 Å². The van der Waals surface area contributed by atoms with Crippen LogP contribution in [0.25, 0.3) is 0 Å². The molecule has 6 heteroatoms. The molecule has 0 radical (unpaired) electrons. The molecule has 37 heavy (non-hydrogen) atoms. The Bertz CT molecular complexity index is 925. The zero-order valence-electron chi connectivity index (χ0n) is 22.8. The number of methoxy groups -OCH3 is 1. The van der Waals surface area contributed by atoms with Gasteiger partial charge >= 0.3 is 17.9 Å². The van der Waals surface area contributed by atoms with Gasteiger partial charge in [0.25, 0.3) is 0 Å². The highest BCUT2D eigenvalue weighted by molar-refractivity contribution is 5.69. The number of hydrogen-bond acceptors (Lipinski definition) is 6. The van der Waals surface area contributed by atoms with Crippen LogP contribution in [0.15, 0.2) is 23.5 Å². The first kappa shape index (κ1) is 26.5. The number of carbonyl (C=O) groups excluding carboxylic acids is 3. The maximum atomic E-state index is 12.3. The van der Waals surface area contributed by atoms with E-state index in [9.17, 15) is 14.4 Å². The largest absolute Gasteiger partial charge is 0.469 e. The van der Waals surface area contributed by atoms with Crippen LogP contribution in [0.5, 0.6) is 0 Å². The summed E-state index contributed by atoms with van der Waals surface area (Å²) in [5, 5.41) is 0. The smallest absolute Gasteiger partial charge is 0.307 e. The summed E-state index contributed by atoms with van der Waals surface area (Å²) >= 11 is 0. The monoisotopic (exact) mass is 512 g/mol. The van der Waals surface area contributed by atoms with Crippen LogP contribution in [-0.2, 0) is 28.6 Å². The lowest BCUT2D eigenvalue weighted by atomic mass is 9.49. The normalized spacial score (nSPS) is 39.1. The fraction of sp³-hybridized carbons (Fsp3) is 0.774. The Morgan fingerprint density at radius 3 is 2.22 bits per heavy atom. The van der Waals surface area contributed by atoms with Crippen molar-refractivity contribution in [3.8, 4) is 0 Å². The molecule has 6 aliphatic rings. The van der Waals surface area contributed by atoms with Gasteiger partial charge in [0.05, 0.1) is 13.0 Å². The molecule has 1 unspecified atom stereocenters. The predicted octanol–water partition coefficient (Wildman–Crippen LogP) is 6.29. The Kier molecular flexibility index (Phi) is 7.83. The van der Waals surface area contributed by atoms with Gasteiger partial charge in [-0.15, -0.1) is 0 Å². The number of hydrogen-bond donors (Lipinski definition) is 0.